The monoisotopic (exact) mass is 496 g/mol. The van der Waals surface area contributed by atoms with Gasteiger partial charge in [0.25, 0.3) is 5.91 Å². The normalized spacial score (nSPS) is 11.0. The molecule has 180 valence electrons. The summed E-state index contributed by atoms with van der Waals surface area (Å²) in [4.78, 5) is 12.6. The van der Waals surface area contributed by atoms with Crippen molar-refractivity contribution in [2.75, 3.05) is 18.5 Å². The van der Waals surface area contributed by atoms with E-state index in [2.05, 4.69) is 15.5 Å². The molecule has 0 aliphatic carbocycles. The van der Waals surface area contributed by atoms with Gasteiger partial charge in [-0.2, -0.15) is 5.26 Å². The van der Waals surface area contributed by atoms with Gasteiger partial charge in [0.05, 0.1) is 0 Å². The highest BCUT2D eigenvalue weighted by Gasteiger charge is 2.14. The van der Waals surface area contributed by atoms with Crippen LogP contribution in [0.2, 0.25) is 0 Å². The van der Waals surface area contributed by atoms with Gasteiger partial charge in [0.1, 0.15) is 41.4 Å². The highest BCUT2D eigenvalue weighted by Crippen LogP contribution is 2.29. The summed E-state index contributed by atoms with van der Waals surface area (Å²) in [5.74, 6) is 0.962. The first kappa shape index (κ1) is 24.6. The Kier molecular flexibility index (Phi) is 8.06. The van der Waals surface area contributed by atoms with Gasteiger partial charge in [-0.15, -0.1) is 10.2 Å². The molecule has 36 heavy (non-hydrogen) atoms. The zero-order valence-electron chi connectivity index (χ0n) is 19.9. The average Bonchev–Trinajstić information content (AvgIpc) is 3.35. The molecule has 0 aliphatic heterocycles. The van der Waals surface area contributed by atoms with Crippen molar-refractivity contribution < 1.29 is 14.3 Å². The molecule has 0 saturated carbocycles. The molecule has 1 amide bonds. The number of aromatic nitrogens is 2. The van der Waals surface area contributed by atoms with Gasteiger partial charge in [0.2, 0.25) is 5.13 Å². The highest BCUT2D eigenvalue weighted by molar-refractivity contribution is 7.18. The Morgan fingerprint density at radius 1 is 0.944 bits per heavy atom. The standard InChI is InChI=1S/C28H24N4O3S/c1-19-7-3-5-9-24(19)27-31-32-28(36-27)30-26(33)22(18-29)17-21-11-13-23(14-12-21)34-15-16-35-25-10-6-4-8-20(25)2/h3-14,17H,15-16H2,1-2H3,(H,30,32,33)/b22-17-. The number of nitrogens with one attached hydrogen (secondary N) is 1. The zero-order valence-corrected chi connectivity index (χ0v) is 20.7. The number of nitriles is 1. The number of rotatable bonds is 9. The molecular weight excluding hydrogens is 472 g/mol. The number of hydrogen-bond acceptors (Lipinski definition) is 7. The number of benzene rings is 3. The Bertz CT molecular complexity index is 1420. The second-order valence-corrected chi connectivity index (χ2v) is 8.86. The predicted molar refractivity (Wildman–Crippen MR) is 141 cm³/mol. The van der Waals surface area contributed by atoms with Crippen LogP contribution in [-0.4, -0.2) is 29.3 Å². The minimum Gasteiger partial charge on any atom is -0.490 e. The lowest BCUT2D eigenvalue weighted by Crippen LogP contribution is -2.13. The number of anilines is 1. The predicted octanol–water partition coefficient (Wildman–Crippen LogP) is 5.83. The van der Waals surface area contributed by atoms with Crippen molar-refractivity contribution in [1.82, 2.24) is 10.2 Å². The minimum absolute atomic E-state index is 0.0389. The molecular formula is C28H24N4O3S. The van der Waals surface area contributed by atoms with Crippen molar-refractivity contribution in [3.63, 3.8) is 0 Å². The first-order chi connectivity index (χ1) is 17.5. The van der Waals surface area contributed by atoms with E-state index in [-0.39, 0.29) is 5.57 Å². The molecule has 1 heterocycles. The number of carbonyl (C=O) groups is 1. The van der Waals surface area contributed by atoms with Gasteiger partial charge in [-0.25, -0.2) is 0 Å². The largest absolute Gasteiger partial charge is 0.490 e. The summed E-state index contributed by atoms with van der Waals surface area (Å²) in [6.45, 7) is 4.79. The van der Waals surface area contributed by atoms with E-state index in [9.17, 15) is 10.1 Å². The Balaban J connectivity index is 1.32. The van der Waals surface area contributed by atoms with E-state index in [4.69, 9.17) is 9.47 Å². The Morgan fingerprint density at radius 2 is 1.64 bits per heavy atom. The first-order valence-corrected chi connectivity index (χ1v) is 12.1. The first-order valence-electron chi connectivity index (χ1n) is 11.3. The van der Waals surface area contributed by atoms with Crippen LogP contribution in [0.3, 0.4) is 0 Å². The van der Waals surface area contributed by atoms with Crippen molar-refractivity contribution >= 4 is 28.5 Å². The topological polar surface area (TPSA) is 97.1 Å². The number of amides is 1. The molecule has 0 unspecified atom stereocenters. The molecule has 0 fully saturated rings. The number of carbonyl (C=O) groups excluding carboxylic acids is 1. The summed E-state index contributed by atoms with van der Waals surface area (Å²) in [5, 5.41) is 21.4. The number of para-hydroxylation sites is 1. The van der Waals surface area contributed by atoms with Gasteiger partial charge in [-0.1, -0.05) is 65.9 Å². The van der Waals surface area contributed by atoms with Gasteiger partial charge >= 0.3 is 0 Å². The second-order valence-electron chi connectivity index (χ2n) is 7.88. The fourth-order valence-corrected chi connectivity index (χ4v) is 4.19. The number of hydrogen-bond donors (Lipinski definition) is 1. The number of aryl methyl sites for hydroxylation is 2. The average molecular weight is 497 g/mol. The van der Waals surface area contributed by atoms with E-state index in [1.54, 1.807) is 24.3 Å². The van der Waals surface area contributed by atoms with Crippen LogP contribution in [-0.2, 0) is 4.79 Å². The summed E-state index contributed by atoms with van der Waals surface area (Å²) in [6.07, 6.45) is 1.52. The third-order valence-corrected chi connectivity index (χ3v) is 6.15. The quantitative estimate of drug-likeness (QED) is 0.178. The molecule has 0 atom stereocenters. The molecule has 3 aromatic carbocycles. The van der Waals surface area contributed by atoms with E-state index < -0.39 is 5.91 Å². The van der Waals surface area contributed by atoms with Crippen molar-refractivity contribution in [3.8, 4) is 28.1 Å². The lowest BCUT2D eigenvalue weighted by molar-refractivity contribution is -0.112. The van der Waals surface area contributed by atoms with Crippen LogP contribution in [0.25, 0.3) is 16.6 Å². The molecule has 8 heteroatoms. The van der Waals surface area contributed by atoms with E-state index in [0.29, 0.717) is 34.7 Å². The summed E-state index contributed by atoms with van der Waals surface area (Å²) in [7, 11) is 0. The van der Waals surface area contributed by atoms with Crippen LogP contribution in [0.5, 0.6) is 11.5 Å². The van der Waals surface area contributed by atoms with Gasteiger partial charge in [-0.3, -0.25) is 10.1 Å². The van der Waals surface area contributed by atoms with Crippen LogP contribution in [0.1, 0.15) is 16.7 Å². The van der Waals surface area contributed by atoms with Crippen molar-refractivity contribution in [1.29, 1.82) is 5.26 Å². The molecule has 1 N–H and O–H groups in total. The molecule has 4 rings (SSSR count). The van der Waals surface area contributed by atoms with E-state index in [1.807, 2.05) is 68.4 Å². The molecule has 0 radical (unpaired) electrons. The van der Waals surface area contributed by atoms with Crippen molar-refractivity contribution in [3.05, 3.63) is 95.1 Å². The maximum absolute atomic E-state index is 12.6. The molecule has 7 nitrogen and oxygen atoms in total. The Morgan fingerprint density at radius 3 is 2.36 bits per heavy atom. The summed E-state index contributed by atoms with van der Waals surface area (Å²) < 4.78 is 11.5. The molecule has 0 saturated heterocycles. The van der Waals surface area contributed by atoms with E-state index in [0.717, 1.165) is 22.4 Å². The third-order valence-electron chi connectivity index (χ3n) is 5.28. The smallest absolute Gasteiger partial charge is 0.268 e. The zero-order chi connectivity index (χ0) is 25.3. The number of nitrogens with zero attached hydrogens (tertiary/aromatic N) is 3. The summed E-state index contributed by atoms with van der Waals surface area (Å²) in [6, 6.07) is 24.7. The van der Waals surface area contributed by atoms with Gasteiger partial charge < -0.3 is 9.47 Å². The lowest BCUT2D eigenvalue weighted by Gasteiger charge is -2.10. The minimum atomic E-state index is -0.543. The van der Waals surface area contributed by atoms with Gasteiger partial charge in [0.15, 0.2) is 0 Å². The van der Waals surface area contributed by atoms with Crippen LogP contribution in [0, 0.1) is 25.2 Å². The van der Waals surface area contributed by atoms with Gasteiger partial charge in [0, 0.05) is 5.56 Å². The second kappa shape index (κ2) is 11.8. The van der Waals surface area contributed by atoms with Crippen LogP contribution >= 0.6 is 11.3 Å². The molecule has 0 bridgehead atoms. The Hall–Kier alpha value is -4.48. The van der Waals surface area contributed by atoms with Crippen molar-refractivity contribution in [2.45, 2.75) is 13.8 Å². The third kappa shape index (κ3) is 6.34. The molecule has 0 spiro atoms. The fraction of sp³-hybridized carbons (Fsp3) is 0.143. The maximum atomic E-state index is 12.6. The van der Waals surface area contributed by atoms with Crippen LogP contribution < -0.4 is 14.8 Å². The van der Waals surface area contributed by atoms with Gasteiger partial charge in [-0.05, 0) is 54.8 Å². The van der Waals surface area contributed by atoms with Crippen LogP contribution in [0.15, 0.2) is 78.4 Å². The molecule has 4 aromatic rings. The molecule has 1 aromatic heterocycles. The van der Waals surface area contributed by atoms with E-state index >= 15 is 0 Å². The maximum Gasteiger partial charge on any atom is 0.268 e. The van der Waals surface area contributed by atoms with Crippen LogP contribution in [0.4, 0.5) is 5.13 Å². The van der Waals surface area contributed by atoms with E-state index in [1.165, 1.54) is 17.4 Å². The lowest BCUT2D eigenvalue weighted by atomic mass is 10.1. The fourth-order valence-electron chi connectivity index (χ4n) is 3.36. The summed E-state index contributed by atoms with van der Waals surface area (Å²) >= 11 is 1.26. The number of ether oxygens (including phenoxy) is 2. The summed E-state index contributed by atoms with van der Waals surface area (Å²) in [5.41, 5.74) is 3.75. The highest BCUT2D eigenvalue weighted by atomic mass is 32.1. The Labute approximate surface area is 213 Å². The van der Waals surface area contributed by atoms with Crippen molar-refractivity contribution in [2.24, 2.45) is 0 Å². The SMILES string of the molecule is Cc1ccccc1OCCOc1ccc(/C=C(/C#N)C(=O)Nc2nnc(-c3ccccc3C)s2)cc1. The molecule has 0 aliphatic rings.